The van der Waals surface area contributed by atoms with Crippen molar-refractivity contribution in [2.45, 2.75) is 25.2 Å². The number of fused-ring (bicyclic) bond motifs is 1. The predicted molar refractivity (Wildman–Crippen MR) is 111 cm³/mol. The highest BCUT2D eigenvalue weighted by molar-refractivity contribution is 6.29. The Morgan fingerprint density at radius 2 is 2.21 bits per heavy atom. The van der Waals surface area contributed by atoms with Gasteiger partial charge in [-0.15, -0.1) is 12.4 Å². The standard InChI is InChI=1S/C20H19ClF2N4O.ClH/c21-18-8-12(4-7-25-18)10-27-11-13(19-14(22)2-1-3-17(19)27)20(28)26-16-5-6-24-9-15(16)23;/h1-4,7-8,11,15-16,24H,5-6,9-10H2,(H,26,28);1H/t15-,16+;/m0./s1. The number of carbonyl (C=O) groups excluding carboxylic acids is 1. The Bertz CT molecular complexity index is 1030. The lowest BCUT2D eigenvalue weighted by atomic mass is 10.0. The number of pyridine rings is 1. The fourth-order valence-corrected chi connectivity index (χ4v) is 3.78. The van der Waals surface area contributed by atoms with Gasteiger partial charge in [-0.25, -0.2) is 13.8 Å². The van der Waals surface area contributed by atoms with Gasteiger partial charge in [-0.1, -0.05) is 17.7 Å². The summed E-state index contributed by atoms with van der Waals surface area (Å²) in [5.41, 5.74) is 1.65. The summed E-state index contributed by atoms with van der Waals surface area (Å²) in [6, 6.07) is 7.60. The van der Waals surface area contributed by atoms with Crippen LogP contribution in [0.3, 0.4) is 0 Å². The van der Waals surface area contributed by atoms with Crippen LogP contribution in [0.1, 0.15) is 22.3 Å². The summed E-state index contributed by atoms with van der Waals surface area (Å²) >= 11 is 5.95. The lowest BCUT2D eigenvalue weighted by Crippen LogP contribution is -2.50. The maximum atomic E-state index is 14.6. The monoisotopic (exact) mass is 440 g/mol. The third kappa shape index (κ3) is 4.52. The number of alkyl halides is 1. The van der Waals surface area contributed by atoms with Gasteiger partial charge in [0.15, 0.2) is 0 Å². The van der Waals surface area contributed by atoms with Gasteiger partial charge in [0, 0.05) is 30.9 Å². The van der Waals surface area contributed by atoms with Crippen LogP contribution in [0.5, 0.6) is 0 Å². The molecule has 4 rings (SSSR count). The van der Waals surface area contributed by atoms with Crippen LogP contribution in [-0.4, -0.2) is 40.8 Å². The van der Waals surface area contributed by atoms with Crippen molar-refractivity contribution >= 4 is 40.8 Å². The molecule has 1 fully saturated rings. The van der Waals surface area contributed by atoms with E-state index >= 15 is 0 Å². The summed E-state index contributed by atoms with van der Waals surface area (Å²) in [4.78, 5) is 16.8. The first-order chi connectivity index (χ1) is 13.5. The van der Waals surface area contributed by atoms with Crippen LogP contribution in [0, 0.1) is 5.82 Å². The van der Waals surface area contributed by atoms with E-state index in [2.05, 4.69) is 15.6 Å². The zero-order chi connectivity index (χ0) is 19.7. The van der Waals surface area contributed by atoms with E-state index in [-0.39, 0.29) is 29.9 Å². The van der Waals surface area contributed by atoms with Crippen LogP contribution < -0.4 is 10.6 Å². The third-order valence-electron chi connectivity index (χ3n) is 4.97. The molecule has 29 heavy (non-hydrogen) atoms. The molecule has 1 saturated heterocycles. The van der Waals surface area contributed by atoms with Crippen molar-refractivity contribution in [3.8, 4) is 0 Å². The van der Waals surface area contributed by atoms with Gasteiger partial charge in [0.25, 0.3) is 5.91 Å². The molecule has 1 aliphatic heterocycles. The Morgan fingerprint density at radius 3 is 2.97 bits per heavy atom. The predicted octanol–water partition coefficient (Wildman–Crippen LogP) is 3.73. The summed E-state index contributed by atoms with van der Waals surface area (Å²) < 4.78 is 30.4. The number of nitrogens with one attached hydrogen (secondary N) is 2. The van der Waals surface area contributed by atoms with Crippen LogP contribution in [0.4, 0.5) is 8.78 Å². The van der Waals surface area contributed by atoms with Crippen molar-refractivity contribution in [1.29, 1.82) is 0 Å². The Labute approximate surface area is 177 Å². The number of amides is 1. The minimum atomic E-state index is -1.17. The van der Waals surface area contributed by atoms with Crippen molar-refractivity contribution in [3.05, 3.63) is 64.8 Å². The second-order valence-electron chi connectivity index (χ2n) is 6.88. The van der Waals surface area contributed by atoms with Crippen LogP contribution in [0.2, 0.25) is 5.15 Å². The molecule has 1 amide bonds. The number of halogens is 4. The number of carbonyl (C=O) groups is 1. The maximum Gasteiger partial charge on any atom is 0.253 e. The lowest BCUT2D eigenvalue weighted by Gasteiger charge is -2.27. The Hall–Kier alpha value is -2.22. The van der Waals surface area contributed by atoms with Gasteiger partial charge >= 0.3 is 0 Å². The van der Waals surface area contributed by atoms with E-state index in [4.69, 9.17) is 11.6 Å². The number of hydrogen-bond acceptors (Lipinski definition) is 3. The highest BCUT2D eigenvalue weighted by atomic mass is 35.5. The van der Waals surface area contributed by atoms with E-state index in [1.54, 1.807) is 41.2 Å². The van der Waals surface area contributed by atoms with Crippen LogP contribution in [0.15, 0.2) is 42.7 Å². The molecule has 5 nitrogen and oxygen atoms in total. The molecule has 0 saturated carbocycles. The first-order valence-corrected chi connectivity index (χ1v) is 9.44. The topological polar surface area (TPSA) is 59.0 Å². The van der Waals surface area contributed by atoms with E-state index in [9.17, 15) is 13.6 Å². The minimum absolute atomic E-state index is 0. The molecule has 0 bridgehead atoms. The van der Waals surface area contributed by atoms with Gasteiger partial charge in [-0.2, -0.15) is 0 Å². The van der Waals surface area contributed by atoms with Crippen LogP contribution >= 0.6 is 24.0 Å². The van der Waals surface area contributed by atoms with Crippen molar-refractivity contribution in [3.63, 3.8) is 0 Å². The zero-order valence-electron chi connectivity index (χ0n) is 15.4. The Morgan fingerprint density at radius 1 is 1.38 bits per heavy atom. The number of hydrogen-bond donors (Lipinski definition) is 2. The molecule has 2 aromatic heterocycles. The molecule has 0 aliphatic carbocycles. The number of aromatic nitrogens is 2. The largest absolute Gasteiger partial charge is 0.346 e. The van der Waals surface area contributed by atoms with Crippen LogP contribution in [0.25, 0.3) is 10.9 Å². The van der Waals surface area contributed by atoms with Gasteiger partial charge < -0.3 is 15.2 Å². The van der Waals surface area contributed by atoms with Crippen molar-refractivity contribution in [2.24, 2.45) is 0 Å². The minimum Gasteiger partial charge on any atom is -0.346 e. The molecule has 2 atom stereocenters. The summed E-state index contributed by atoms with van der Waals surface area (Å²) in [5.74, 6) is -0.965. The van der Waals surface area contributed by atoms with Gasteiger partial charge in [-0.05, 0) is 42.8 Å². The normalized spacial score (nSPS) is 19.0. The summed E-state index contributed by atoms with van der Waals surface area (Å²) in [5, 5.41) is 6.26. The molecular weight excluding hydrogens is 421 g/mol. The SMILES string of the molecule is Cl.O=C(N[C@@H]1CCNC[C@@H]1F)c1cn(Cc2ccnc(Cl)c2)c2cccc(F)c12. The number of benzene rings is 1. The molecule has 9 heteroatoms. The second kappa shape index (κ2) is 9.07. The smallest absolute Gasteiger partial charge is 0.253 e. The Kier molecular flexibility index (Phi) is 6.72. The molecule has 0 spiro atoms. The number of nitrogens with zero attached hydrogens (tertiary/aromatic N) is 2. The molecule has 1 aliphatic rings. The summed E-state index contributed by atoms with van der Waals surface area (Å²) in [6.45, 7) is 1.22. The first-order valence-electron chi connectivity index (χ1n) is 9.06. The molecule has 3 aromatic rings. The van der Waals surface area contributed by atoms with E-state index in [0.29, 0.717) is 30.2 Å². The average molecular weight is 441 g/mol. The molecule has 1 aromatic carbocycles. The van der Waals surface area contributed by atoms with Gasteiger partial charge in [0.1, 0.15) is 17.1 Å². The highest BCUT2D eigenvalue weighted by Gasteiger charge is 2.28. The van der Waals surface area contributed by atoms with E-state index in [0.717, 1.165) is 5.56 Å². The molecular formula is C20H20Cl2F2N4O. The van der Waals surface area contributed by atoms with Crippen molar-refractivity contribution in [2.75, 3.05) is 13.1 Å². The van der Waals surface area contributed by atoms with Crippen LogP contribution in [-0.2, 0) is 6.54 Å². The molecule has 2 N–H and O–H groups in total. The number of rotatable bonds is 4. The second-order valence-corrected chi connectivity index (χ2v) is 7.27. The van der Waals surface area contributed by atoms with E-state index < -0.39 is 23.9 Å². The molecule has 0 radical (unpaired) electrons. The molecule has 154 valence electrons. The highest BCUT2D eigenvalue weighted by Crippen LogP contribution is 2.26. The summed E-state index contributed by atoms with van der Waals surface area (Å²) in [7, 11) is 0. The van der Waals surface area contributed by atoms with E-state index in [1.807, 2.05) is 0 Å². The fraction of sp³-hybridized carbons (Fsp3) is 0.300. The van der Waals surface area contributed by atoms with E-state index in [1.165, 1.54) is 6.07 Å². The van der Waals surface area contributed by atoms with Crippen molar-refractivity contribution in [1.82, 2.24) is 20.2 Å². The summed E-state index contributed by atoms with van der Waals surface area (Å²) in [6.07, 6.45) is 2.51. The van der Waals surface area contributed by atoms with Gasteiger partial charge in [0.2, 0.25) is 0 Å². The molecule has 3 heterocycles. The van der Waals surface area contributed by atoms with Gasteiger partial charge in [-0.3, -0.25) is 4.79 Å². The molecule has 0 unspecified atom stereocenters. The number of piperidine rings is 1. The third-order valence-corrected chi connectivity index (χ3v) is 5.18. The lowest BCUT2D eigenvalue weighted by molar-refractivity contribution is 0.0893. The quantitative estimate of drug-likeness (QED) is 0.607. The van der Waals surface area contributed by atoms with Gasteiger partial charge in [0.05, 0.1) is 17.1 Å². The average Bonchev–Trinajstić information content (AvgIpc) is 3.04. The Balaban J connectivity index is 0.00000240. The van der Waals surface area contributed by atoms with Crippen molar-refractivity contribution < 1.29 is 13.6 Å². The fourth-order valence-electron chi connectivity index (χ4n) is 3.58. The first kappa shape index (κ1) is 21.5. The zero-order valence-corrected chi connectivity index (χ0v) is 16.9. The maximum absolute atomic E-state index is 14.6.